The van der Waals surface area contributed by atoms with Gasteiger partial charge in [-0.05, 0) is 61.2 Å². The molecule has 1 aromatic heterocycles. The summed E-state index contributed by atoms with van der Waals surface area (Å²) < 4.78 is 33.2. The van der Waals surface area contributed by atoms with Crippen molar-refractivity contribution in [3.8, 4) is 0 Å². The Bertz CT molecular complexity index is 1200. The predicted molar refractivity (Wildman–Crippen MR) is 132 cm³/mol. The van der Waals surface area contributed by atoms with Crippen LogP contribution in [-0.2, 0) is 23.0 Å². The van der Waals surface area contributed by atoms with Crippen LogP contribution in [0.1, 0.15) is 47.9 Å². The van der Waals surface area contributed by atoms with Gasteiger partial charge in [0.1, 0.15) is 5.76 Å². The minimum absolute atomic E-state index is 0.0878. The van der Waals surface area contributed by atoms with Crippen molar-refractivity contribution in [2.75, 3.05) is 18.4 Å². The van der Waals surface area contributed by atoms with Gasteiger partial charge in [0.05, 0.1) is 6.54 Å². The first kappa shape index (κ1) is 24.0. The monoisotopic (exact) mass is 481 g/mol. The van der Waals surface area contributed by atoms with Gasteiger partial charge < -0.3 is 15.1 Å². The maximum atomic E-state index is 13.1. The second kappa shape index (κ2) is 10.9. The summed E-state index contributed by atoms with van der Waals surface area (Å²) >= 11 is 0. The van der Waals surface area contributed by atoms with E-state index in [-0.39, 0.29) is 23.6 Å². The van der Waals surface area contributed by atoms with Gasteiger partial charge in [0.15, 0.2) is 0 Å². The Morgan fingerprint density at radius 1 is 1.03 bits per heavy atom. The van der Waals surface area contributed by atoms with Gasteiger partial charge in [0, 0.05) is 30.4 Å². The number of hydrogen-bond acceptors (Lipinski definition) is 5. The van der Waals surface area contributed by atoms with Gasteiger partial charge in [0.2, 0.25) is 5.09 Å². The number of amides is 1. The summed E-state index contributed by atoms with van der Waals surface area (Å²) in [5.41, 5.74) is 2.93. The number of carbonyl (C=O) groups excluding carboxylic acids is 1. The van der Waals surface area contributed by atoms with Gasteiger partial charge in [-0.15, -0.1) is 0 Å². The van der Waals surface area contributed by atoms with Crippen LogP contribution in [0.5, 0.6) is 0 Å². The highest BCUT2D eigenvalue weighted by molar-refractivity contribution is 7.89. The molecule has 1 saturated heterocycles. The molecule has 180 valence electrons. The van der Waals surface area contributed by atoms with E-state index >= 15 is 0 Å². The van der Waals surface area contributed by atoms with E-state index in [2.05, 4.69) is 41.8 Å². The van der Waals surface area contributed by atoms with Gasteiger partial charge in [0.25, 0.3) is 15.9 Å². The van der Waals surface area contributed by atoms with Crippen molar-refractivity contribution in [1.29, 1.82) is 0 Å². The summed E-state index contributed by atoms with van der Waals surface area (Å²) in [6.07, 6.45) is 3.59. The second-order valence-electron chi connectivity index (χ2n) is 8.54. The number of hydrogen-bond donors (Lipinski definition) is 2. The quantitative estimate of drug-likeness (QED) is 0.472. The van der Waals surface area contributed by atoms with Crippen LogP contribution in [0.4, 0.5) is 5.69 Å². The molecule has 2 aromatic carbocycles. The number of aryl methyl sites for hydroxylation is 1. The lowest BCUT2D eigenvalue weighted by atomic mass is 10.1. The Morgan fingerprint density at radius 3 is 2.53 bits per heavy atom. The highest BCUT2D eigenvalue weighted by Crippen LogP contribution is 2.24. The molecule has 7 nitrogen and oxygen atoms in total. The van der Waals surface area contributed by atoms with Crippen LogP contribution in [0.25, 0.3) is 0 Å². The molecule has 8 heteroatoms. The zero-order valence-electron chi connectivity index (χ0n) is 19.4. The lowest BCUT2D eigenvalue weighted by molar-refractivity contribution is 0.0947. The van der Waals surface area contributed by atoms with E-state index in [9.17, 15) is 13.2 Å². The molecule has 1 fully saturated rings. The predicted octanol–water partition coefficient (Wildman–Crippen LogP) is 4.43. The fourth-order valence-electron chi connectivity index (χ4n) is 4.16. The summed E-state index contributed by atoms with van der Waals surface area (Å²) in [4.78, 5) is 12.2. The van der Waals surface area contributed by atoms with Crippen LogP contribution in [0.15, 0.2) is 76.2 Å². The zero-order valence-corrected chi connectivity index (χ0v) is 20.2. The molecule has 4 rings (SSSR count). The number of furan rings is 1. The molecule has 0 saturated carbocycles. The number of nitrogens with zero attached hydrogens (tertiary/aromatic N) is 1. The maximum absolute atomic E-state index is 13.1. The third-order valence-corrected chi connectivity index (χ3v) is 7.75. The lowest BCUT2D eigenvalue weighted by Crippen LogP contribution is -2.42. The molecular formula is C26H31N3O4S. The number of rotatable bonds is 9. The van der Waals surface area contributed by atoms with E-state index < -0.39 is 10.0 Å². The smallest absolute Gasteiger partial charge is 0.276 e. The number of piperidine rings is 1. The first-order valence-corrected chi connectivity index (χ1v) is 13.2. The SMILES string of the molecule is CCCc1cccc(NC2CCN(S(=O)(=O)c3ccc(CNC(=O)c4ccccc4)o3)CC2)c1. The summed E-state index contributed by atoms with van der Waals surface area (Å²) in [5.74, 6) is 0.155. The van der Waals surface area contributed by atoms with Gasteiger partial charge in [-0.25, -0.2) is 8.42 Å². The van der Waals surface area contributed by atoms with Crippen molar-refractivity contribution in [2.24, 2.45) is 0 Å². The largest absolute Gasteiger partial charge is 0.446 e. The second-order valence-corrected chi connectivity index (χ2v) is 10.4. The molecule has 0 radical (unpaired) electrons. The molecule has 0 spiro atoms. The van der Waals surface area contributed by atoms with Crippen molar-refractivity contribution < 1.29 is 17.6 Å². The van der Waals surface area contributed by atoms with Crippen LogP contribution in [-0.4, -0.2) is 37.8 Å². The third-order valence-electron chi connectivity index (χ3n) is 5.98. The molecular weight excluding hydrogens is 450 g/mol. The highest BCUT2D eigenvalue weighted by Gasteiger charge is 2.31. The van der Waals surface area contributed by atoms with Gasteiger partial charge in [-0.1, -0.05) is 43.7 Å². The zero-order chi connectivity index (χ0) is 24.0. The fourth-order valence-corrected chi connectivity index (χ4v) is 5.56. The summed E-state index contributed by atoms with van der Waals surface area (Å²) in [6, 6.07) is 20.5. The minimum atomic E-state index is -3.72. The molecule has 3 aromatic rings. The van der Waals surface area contributed by atoms with Crippen LogP contribution < -0.4 is 10.6 Å². The molecule has 34 heavy (non-hydrogen) atoms. The number of nitrogens with one attached hydrogen (secondary N) is 2. The van der Waals surface area contributed by atoms with Crippen molar-refractivity contribution in [3.05, 3.63) is 83.6 Å². The number of sulfonamides is 1. The van der Waals surface area contributed by atoms with Crippen LogP contribution in [0.3, 0.4) is 0 Å². The third kappa shape index (κ3) is 5.87. The Balaban J connectivity index is 1.31. The van der Waals surface area contributed by atoms with Crippen molar-refractivity contribution in [1.82, 2.24) is 9.62 Å². The fraction of sp³-hybridized carbons (Fsp3) is 0.346. The van der Waals surface area contributed by atoms with E-state index in [0.717, 1.165) is 31.4 Å². The van der Waals surface area contributed by atoms with E-state index in [1.165, 1.54) is 15.9 Å². The van der Waals surface area contributed by atoms with Crippen molar-refractivity contribution in [3.63, 3.8) is 0 Å². The van der Waals surface area contributed by atoms with Gasteiger partial charge >= 0.3 is 0 Å². The molecule has 0 atom stereocenters. The average molecular weight is 482 g/mol. The van der Waals surface area contributed by atoms with Gasteiger partial charge in [-0.3, -0.25) is 4.79 Å². The van der Waals surface area contributed by atoms with Crippen molar-refractivity contribution in [2.45, 2.75) is 50.3 Å². The van der Waals surface area contributed by atoms with E-state index in [4.69, 9.17) is 4.42 Å². The summed E-state index contributed by atoms with van der Waals surface area (Å²) in [6.45, 7) is 3.14. The molecule has 0 bridgehead atoms. The van der Waals surface area contributed by atoms with E-state index in [1.54, 1.807) is 30.3 Å². The maximum Gasteiger partial charge on any atom is 0.276 e. The molecule has 0 aliphatic carbocycles. The Morgan fingerprint density at radius 2 is 1.79 bits per heavy atom. The molecule has 1 aliphatic heterocycles. The average Bonchev–Trinajstić information content (AvgIpc) is 3.34. The molecule has 2 heterocycles. The van der Waals surface area contributed by atoms with E-state index in [1.807, 2.05) is 6.07 Å². The number of benzene rings is 2. The topological polar surface area (TPSA) is 91.7 Å². The molecule has 1 amide bonds. The Labute approximate surface area is 201 Å². The van der Waals surface area contributed by atoms with Gasteiger partial charge in [-0.2, -0.15) is 4.31 Å². The molecule has 0 unspecified atom stereocenters. The molecule has 1 aliphatic rings. The standard InChI is InChI=1S/C26H31N3O4S/c1-2-7-20-8-6-11-23(18-20)28-22-14-16-29(17-15-22)34(31,32)25-13-12-24(33-25)19-27-26(30)21-9-4-3-5-10-21/h3-6,8-13,18,22,28H,2,7,14-17,19H2,1H3,(H,27,30). The minimum Gasteiger partial charge on any atom is -0.446 e. The first-order valence-electron chi connectivity index (χ1n) is 11.7. The van der Waals surface area contributed by atoms with Crippen LogP contribution >= 0.6 is 0 Å². The van der Waals surface area contributed by atoms with Crippen LogP contribution in [0.2, 0.25) is 0 Å². The number of carbonyl (C=O) groups is 1. The lowest BCUT2D eigenvalue weighted by Gasteiger charge is -2.31. The molecule has 2 N–H and O–H groups in total. The van der Waals surface area contributed by atoms with E-state index in [0.29, 0.717) is 24.4 Å². The summed E-state index contributed by atoms with van der Waals surface area (Å²) in [7, 11) is -3.72. The highest BCUT2D eigenvalue weighted by atomic mass is 32.2. The number of anilines is 1. The Hall–Kier alpha value is -3.10. The normalized spacial score (nSPS) is 15.2. The first-order chi connectivity index (χ1) is 16.5. The van der Waals surface area contributed by atoms with Crippen molar-refractivity contribution >= 4 is 21.6 Å². The Kier molecular flexibility index (Phi) is 7.70. The van der Waals surface area contributed by atoms with Crippen LogP contribution in [0, 0.1) is 0 Å². The summed E-state index contributed by atoms with van der Waals surface area (Å²) in [5, 5.41) is 6.21.